The fourth-order valence-electron chi connectivity index (χ4n) is 1.44. The molecule has 0 aliphatic rings. The van der Waals surface area contributed by atoms with Crippen LogP contribution in [0.5, 0.6) is 5.75 Å². The molecule has 0 bridgehead atoms. The van der Waals surface area contributed by atoms with Crippen molar-refractivity contribution >= 4 is 5.97 Å². The Morgan fingerprint density at radius 3 is 2.41 bits per heavy atom. The van der Waals surface area contributed by atoms with Crippen LogP contribution in [-0.4, -0.2) is 28.4 Å². The molecule has 0 aliphatic heterocycles. The van der Waals surface area contributed by atoms with Crippen molar-refractivity contribution < 1.29 is 19.7 Å². The Morgan fingerprint density at radius 2 is 1.88 bits per heavy atom. The average molecular weight is 238 g/mol. The number of carboxylic acids is 1. The van der Waals surface area contributed by atoms with Gasteiger partial charge in [0.25, 0.3) is 0 Å². The van der Waals surface area contributed by atoms with Gasteiger partial charge in [0.15, 0.2) is 0 Å². The molecular weight excluding hydrogens is 220 g/mol. The normalized spacial score (nSPS) is 11.2. The second kappa shape index (κ2) is 5.68. The van der Waals surface area contributed by atoms with Crippen LogP contribution in [0.15, 0.2) is 24.3 Å². The molecule has 17 heavy (non-hydrogen) atoms. The van der Waals surface area contributed by atoms with E-state index in [1.54, 1.807) is 18.2 Å². The van der Waals surface area contributed by atoms with E-state index in [2.05, 4.69) is 0 Å². The number of benzene rings is 1. The first-order valence-electron chi connectivity index (χ1n) is 5.70. The number of ether oxygens (including phenoxy) is 1. The van der Waals surface area contributed by atoms with Gasteiger partial charge in [0.05, 0.1) is 5.60 Å². The molecule has 0 spiro atoms. The molecule has 0 atom stereocenters. The minimum absolute atomic E-state index is 0.101. The monoisotopic (exact) mass is 238 g/mol. The highest BCUT2D eigenvalue weighted by molar-refractivity contribution is 5.90. The fourth-order valence-corrected chi connectivity index (χ4v) is 1.44. The molecule has 0 aromatic heterocycles. The SMILES string of the molecule is CCC(O)(CC)COc1ccccc1C(=O)O. The molecule has 0 saturated heterocycles. The lowest BCUT2D eigenvalue weighted by Crippen LogP contribution is -2.34. The minimum atomic E-state index is -1.03. The zero-order valence-electron chi connectivity index (χ0n) is 10.1. The Labute approximate surface area is 101 Å². The van der Waals surface area contributed by atoms with Crippen LogP contribution in [0.1, 0.15) is 37.0 Å². The summed E-state index contributed by atoms with van der Waals surface area (Å²) in [5.41, 5.74) is -0.784. The van der Waals surface area contributed by atoms with Crippen LogP contribution in [0, 0.1) is 0 Å². The van der Waals surface area contributed by atoms with Crippen molar-refractivity contribution in [1.29, 1.82) is 0 Å². The van der Waals surface area contributed by atoms with E-state index in [1.807, 2.05) is 13.8 Å². The van der Waals surface area contributed by atoms with E-state index in [4.69, 9.17) is 9.84 Å². The van der Waals surface area contributed by atoms with Crippen molar-refractivity contribution in [3.63, 3.8) is 0 Å². The van der Waals surface area contributed by atoms with Gasteiger partial charge >= 0.3 is 5.97 Å². The third-order valence-corrected chi connectivity index (χ3v) is 2.93. The van der Waals surface area contributed by atoms with Crippen LogP contribution in [0.2, 0.25) is 0 Å². The number of rotatable bonds is 6. The molecule has 1 aromatic rings. The Balaban J connectivity index is 2.79. The second-order valence-corrected chi connectivity index (χ2v) is 4.02. The van der Waals surface area contributed by atoms with Gasteiger partial charge in [-0.3, -0.25) is 0 Å². The predicted molar refractivity (Wildman–Crippen MR) is 64.4 cm³/mol. The van der Waals surface area contributed by atoms with Crippen LogP contribution in [0.3, 0.4) is 0 Å². The van der Waals surface area contributed by atoms with Crippen molar-refractivity contribution in [3.05, 3.63) is 29.8 Å². The lowest BCUT2D eigenvalue weighted by atomic mass is 9.99. The smallest absolute Gasteiger partial charge is 0.339 e. The molecule has 4 heteroatoms. The van der Waals surface area contributed by atoms with Gasteiger partial charge in [-0.2, -0.15) is 0 Å². The number of aromatic carboxylic acids is 1. The number of carbonyl (C=O) groups is 1. The molecule has 1 rings (SSSR count). The number of para-hydroxylation sites is 1. The Morgan fingerprint density at radius 1 is 1.29 bits per heavy atom. The predicted octanol–water partition coefficient (Wildman–Crippen LogP) is 2.31. The van der Waals surface area contributed by atoms with E-state index in [1.165, 1.54) is 6.07 Å². The summed E-state index contributed by atoms with van der Waals surface area (Å²) < 4.78 is 5.41. The zero-order chi connectivity index (χ0) is 12.9. The van der Waals surface area contributed by atoms with Gasteiger partial charge in [-0.1, -0.05) is 26.0 Å². The van der Waals surface area contributed by atoms with Crippen molar-refractivity contribution in [1.82, 2.24) is 0 Å². The largest absolute Gasteiger partial charge is 0.490 e. The molecule has 0 heterocycles. The highest BCUT2D eigenvalue weighted by Gasteiger charge is 2.24. The van der Waals surface area contributed by atoms with Gasteiger partial charge in [-0.15, -0.1) is 0 Å². The molecule has 4 nitrogen and oxygen atoms in total. The van der Waals surface area contributed by atoms with E-state index in [9.17, 15) is 9.90 Å². The number of hydrogen-bond donors (Lipinski definition) is 2. The number of hydrogen-bond acceptors (Lipinski definition) is 3. The fraction of sp³-hybridized carbons (Fsp3) is 0.462. The van der Waals surface area contributed by atoms with Gasteiger partial charge in [0.2, 0.25) is 0 Å². The summed E-state index contributed by atoms with van der Waals surface area (Å²) in [6.07, 6.45) is 1.14. The van der Waals surface area contributed by atoms with Crippen molar-refractivity contribution in [2.75, 3.05) is 6.61 Å². The summed E-state index contributed by atoms with van der Waals surface area (Å²) in [5.74, 6) is -0.738. The quantitative estimate of drug-likeness (QED) is 0.798. The Bertz CT molecular complexity index is 383. The molecule has 1 aromatic carbocycles. The van der Waals surface area contributed by atoms with Gasteiger partial charge in [0, 0.05) is 0 Å². The van der Waals surface area contributed by atoms with Gasteiger partial charge in [-0.05, 0) is 25.0 Å². The maximum atomic E-state index is 10.9. The Hall–Kier alpha value is -1.55. The maximum absolute atomic E-state index is 10.9. The first-order valence-corrected chi connectivity index (χ1v) is 5.70. The summed E-state index contributed by atoms with van der Waals surface area (Å²) in [5, 5.41) is 19.0. The van der Waals surface area contributed by atoms with Crippen LogP contribution in [0.4, 0.5) is 0 Å². The molecule has 94 valence electrons. The molecule has 0 fully saturated rings. The molecular formula is C13H18O4. The van der Waals surface area contributed by atoms with Gasteiger partial charge < -0.3 is 14.9 Å². The second-order valence-electron chi connectivity index (χ2n) is 4.02. The standard InChI is InChI=1S/C13H18O4/c1-3-13(16,4-2)9-17-11-8-6-5-7-10(11)12(14)15/h5-8,16H,3-4,9H2,1-2H3,(H,14,15). The molecule has 0 radical (unpaired) electrons. The van der Waals surface area contributed by atoms with Crippen molar-refractivity contribution in [3.8, 4) is 5.75 Å². The van der Waals surface area contributed by atoms with E-state index in [0.29, 0.717) is 18.6 Å². The van der Waals surface area contributed by atoms with E-state index in [-0.39, 0.29) is 12.2 Å². The minimum Gasteiger partial charge on any atom is -0.490 e. The van der Waals surface area contributed by atoms with Crippen molar-refractivity contribution in [2.24, 2.45) is 0 Å². The maximum Gasteiger partial charge on any atom is 0.339 e. The Kier molecular flexibility index (Phi) is 4.52. The lowest BCUT2D eigenvalue weighted by Gasteiger charge is -2.25. The zero-order valence-corrected chi connectivity index (χ0v) is 10.1. The molecule has 0 aliphatic carbocycles. The summed E-state index contributed by atoms with van der Waals surface area (Å²) in [7, 11) is 0. The summed E-state index contributed by atoms with van der Waals surface area (Å²) >= 11 is 0. The summed E-state index contributed by atoms with van der Waals surface area (Å²) in [6.45, 7) is 3.84. The average Bonchev–Trinajstić information content (AvgIpc) is 2.36. The molecule has 0 saturated carbocycles. The molecule has 0 unspecified atom stereocenters. The third kappa shape index (κ3) is 3.46. The first kappa shape index (κ1) is 13.5. The highest BCUT2D eigenvalue weighted by atomic mass is 16.5. The van der Waals surface area contributed by atoms with Crippen LogP contribution >= 0.6 is 0 Å². The van der Waals surface area contributed by atoms with Crippen LogP contribution in [-0.2, 0) is 0 Å². The van der Waals surface area contributed by atoms with E-state index < -0.39 is 11.6 Å². The number of carboxylic acid groups (broad SMARTS) is 1. The molecule has 0 amide bonds. The first-order chi connectivity index (χ1) is 8.02. The van der Waals surface area contributed by atoms with Crippen molar-refractivity contribution in [2.45, 2.75) is 32.3 Å². The van der Waals surface area contributed by atoms with E-state index in [0.717, 1.165) is 0 Å². The number of aliphatic hydroxyl groups is 1. The topological polar surface area (TPSA) is 66.8 Å². The van der Waals surface area contributed by atoms with Crippen LogP contribution in [0.25, 0.3) is 0 Å². The van der Waals surface area contributed by atoms with E-state index >= 15 is 0 Å². The summed E-state index contributed by atoms with van der Waals surface area (Å²) in [4.78, 5) is 10.9. The van der Waals surface area contributed by atoms with Gasteiger partial charge in [0.1, 0.15) is 17.9 Å². The van der Waals surface area contributed by atoms with Gasteiger partial charge in [-0.25, -0.2) is 4.79 Å². The molecule has 2 N–H and O–H groups in total. The highest BCUT2D eigenvalue weighted by Crippen LogP contribution is 2.21. The third-order valence-electron chi connectivity index (χ3n) is 2.93. The van der Waals surface area contributed by atoms with Crippen LogP contribution < -0.4 is 4.74 Å². The summed E-state index contributed by atoms with van der Waals surface area (Å²) in [6, 6.07) is 6.42. The lowest BCUT2D eigenvalue weighted by molar-refractivity contribution is -0.0117.